The van der Waals surface area contributed by atoms with E-state index in [9.17, 15) is 4.79 Å². The van der Waals surface area contributed by atoms with Gasteiger partial charge in [0, 0.05) is 5.56 Å². The lowest BCUT2D eigenvalue weighted by molar-refractivity contribution is 0.112. The zero-order valence-corrected chi connectivity index (χ0v) is 6.60. The standard InChI is InChI=1S/C9H6OS/c10-4-7-1-2-8-5-11-6-9(8)3-7/h1-6H. The molecule has 0 aliphatic heterocycles. The van der Waals surface area contributed by atoms with Gasteiger partial charge in [-0.1, -0.05) is 12.1 Å². The van der Waals surface area contributed by atoms with E-state index in [0.717, 1.165) is 17.2 Å². The Morgan fingerprint density at radius 1 is 1.18 bits per heavy atom. The summed E-state index contributed by atoms with van der Waals surface area (Å²) in [7, 11) is 0. The van der Waals surface area contributed by atoms with Gasteiger partial charge in [0.25, 0.3) is 0 Å². The first-order valence-corrected chi connectivity index (χ1v) is 4.25. The fourth-order valence-electron chi connectivity index (χ4n) is 1.06. The maximum atomic E-state index is 10.4. The molecule has 0 aliphatic carbocycles. The smallest absolute Gasteiger partial charge is 0.150 e. The van der Waals surface area contributed by atoms with Crippen LogP contribution in [-0.2, 0) is 0 Å². The van der Waals surface area contributed by atoms with Crippen LogP contribution in [0.25, 0.3) is 10.8 Å². The molecule has 11 heavy (non-hydrogen) atoms. The van der Waals surface area contributed by atoms with E-state index in [0.29, 0.717) is 0 Å². The molecule has 2 heteroatoms. The van der Waals surface area contributed by atoms with Gasteiger partial charge in [-0.3, -0.25) is 4.79 Å². The predicted molar refractivity (Wildman–Crippen MR) is 47.2 cm³/mol. The minimum absolute atomic E-state index is 0.746. The van der Waals surface area contributed by atoms with Gasteiger partial charge < -0.3 is 0 Å². The average Bonchev–Trinajstić information content (AvgIpc) is 2.50. The SMILES string of the molecule is O=Cc1ccc2cscc2c1. The van der Waals surface area contributed by atoms with Gasteiger partial charge in [-0.15, -0.1) is 0 Å². The van der Waals surface area contributed by atoms with E-state index < -0.39 is 0 Å². The molecule has 0 amide bonds. The minimum atomic E-state index is 0.746. The van der Waals surface area contributed by atoms with Crippen molar-refractivity contribution in [1.82, 2.24) is 0 Å². The van der Waals surface area contributed by atoms with Crippen molar-refractivity contribution in [3.63, 3.8) is 0 Å². The third-order valence-corrected chi connectivity index (χ3v) is 2.42. The Labute approximate surface area is 68.3 Å². The topological polar surface area (TPSA) is 17.1 Å². The summed E-state index contributed by atoms with van der Waals surface area (Å²) in [6, 6.07) is 5.70. The number of fused-ring (bicyclic) bond motifs is 1. The summed E-state index contributed by atoms with van der Waals surface area (Å²) in [6.07, 6.45) is 0.872. The molecule has 1 nitrogen and oxygen atoms in total. The molecule has 0 unspecified atom stereocenters. The lowest BCUT2D eigenvalue weighted by Crippen LogP contribution is -1.75. The maximum absolute atomic E-state index is 10.4. The second-order valence-corrected chi connectivity index (χ2v) is 3.12. The van der Waals surface area contributed by atoms with E-state index in [2.05, 4.69) is 5.38 Å². The van der Waals surface area contributed by atoms with E-state index in [-0.39, 0.29) is 0 Å². The van der Waals surface area contributed by atoms with Gasteiger partial charge in [0.15, 0.2) is 0 Å². The van der Waals surface area contributed by atoms with E-state index in [4.69, 9.17) is 0 Å². The highest BCUT2D eigenvalue weighted by atomic mass is 32.1. The Morgan fingerprint density at radius 3 is 2.82 bits per heavy atom. The van der Waals surface area contributed by atoms with Crippen LogP contribution in [0.15, 0.2) is 29.0 Å². The summed E-state index contributed by atoms with van der Waals surface area (Å²) in [5.74, 6) is 0. The Balaban J connectivity index is 2.76. The van der Waals surface area contributed by atoms with Crippen LogP contribution in [0, 0.1) is 0 Å². The fraction of sp³-hybridized carbons (Fsp3) is 0. The van der Waals surface area contributed by atoms with Crippen LogP contribution in [0.5, 0.6) is 0 Å². The first-order valence-electron chi connectivity index (χ1n) is 3.31. The Bertz CT molecular complexity index is 389. The molecule has 1 heterocycles. The molecule has 0 N–H and O–H groups in total. The van der Waals surface area contributed by atoms with Crippen LogP contribution in [0.4, 0.5) is 0 Å². The van der Waals surface area contributed by atoms with Crippen molar-refractivity contribution in [3.05, 3.63) is 34.5 Å². The van der Waals surface area contributed by atoms with E-state index >= 15 is 0 Å². The van der Waals surface area contributed by atoms with Gasteiger partial charge in [-0.25, -0.2) is 0 Å². The number of rotatable bonds is 1. The molecule has 0 fully saturated rings. The molecule has 1 aromatic carbocycles. The van der Waals surface area contributed by atoms with Crippen molar-refractivity contribution in [2.24, 2.45) is 0 Å². The first-order chi connectivity index (χ1) is 5.40. The second kappa shape index (κ2) is 2.47. The molecule has 0 bridgehead atoms. The number of aldehydes is 1. The van der Waals surface area contributed by atoms with Crippen molar-refractivity contribution in [2.45, 2.75) is 0 Å². The number of hydrogen-bond acceptors (Lipinski definition) is 2. The van der Waals surface area contributed by atoms with E-state index in [1.54, 1.807) is 11.3 Å². The highest BCUT2D eigenvalue weighted by molar-refractivity contribution is 7.09. The number of thiophene rings is 1. The third-order valence-electron chi connectivity index (χ3n) is 1.64. The highest BCUT2D eigenvalue weighted by Crippen LogP contribution is 2.19. The van der Waals surface area contributed by atoms with Crippen LogP contribution >= 0.6 is 11.3 Å². The van der Waals surface area contributed by atoms with Crippen molar-refractivity contribution < 1.29 is 4.79 Å². The molecule has 2 aromatic rings. The molecule has 0 radical (unpaired) electrons. The molecule has 2 rings (SSSR count). The summed E-state index contributed by atoms with van der Waals surface area (Å²) < 4.78 is 0. The summed E-state index contributed by atoms with van der Waals surface area (Å²) in [6.45, 7) is 0. The van der Waals surface area contributed by atoms with Gasteiger partial charge >= 0.3 is 0 Å². The van der Waals surface area contributed by atoms with E-state index in [1.807, 2.05) is 23.6 Å². The molecule has 0 saturated carbocycles. The van der Waals surface area contributed by atoms with Crippen LogP contribution in [0.1, 0.15) is 10.4 Å². The van der Waals surface area contributed by atoms with Gasteiger partial charge in [0.1, 0.15) is 6.29 Å². The molecule has 1 aromatic heterocycles. The zero-order valence-electron chi connectivity index (χ0n) is 5.78. The Morgan fingerprint density at radius 2 is 2.00 bits per heavy atom. The molecular formula is C9H6OS. The maximum Gasteiger partial charge on any atom is 0.150 e. The van der Waals surface area contributed by atoms with Gasteiger partial charge in [-0.05, 0) is 27.6 Å². The van der Waals surface area contributed by atoms with Crippen molar-refractivity contribution in [3.8, 4) is 0 Å². The summed E-state index contributed by atoms with van der Waals surface area (Å²) >= 11 is 1.66. The molecule has 0 aliphatic rings. The molecule has 54 valence electrons. The van der Waals surface area contributed by atoms with Crippen LogP contribution in [0.3, 0.4) is 0 Å². The van der Waals surface area contributed by atoms with Gasteiger partial charge in [0.2, 0.25) is 0 Å². The largest absolute Gasteiger partial charge is 0.298 e. The average molecular weight is 162 g/mol. The van der Waals surface area contributed by atoms with E-state index in [1.165, 1.54) is 5.39 Å². The Hall–Kier alpha value is -1.15. The fourth-order valence-corrected chi connectivity index (χ4v) is 1.84. The molecule has 0 atom stereocenters. The molecular weight excluding hydrogens is 156 g/mol. The summed E-state index contributed by atoms with van der Waals surface area (Å²) in [5.41, 5.74) is 0.746. The summed E-state index contributed by atoms with van der Waals surface area (Å²) in [4.78, 5) is 10.4. The number of hydrogen-bond donors (Lipinski definition) is 0. The van der Waals surface area contributed by atoms with Crippen LogP contribution in [-0.4, -0.2) is 6.29 Å². The van der Waals surface area contributed by atoms with Crippen molar-refractivity contribution in [2.75, 3.05) is 0 Å². The number of carbonyl (C=O) groups is 1. The predicted octanol–water partition coefficient (Wildman–Crippen LogP) is 2.71. The number of benzene rings is 1. The van der Waals surface area contributed by atoms with Crippen molar-refractivity contribution >= 4 is 28.4 Å². The monoisotopic (exact) mass is 162 g/mol. The highest BCUT2D eigenvalue weighted by Gasteiger charge is 1.94. The molecule has 0 saturated heterocycles. The second-order valence-electron chi connectivity index (χ2n) is 2.38. The normalized spacial score (nSPS) is 10.2. The third kappa shape index (κ3) is 1.05. The Kier molecular flexibility index (Phi) is 1.47. The van der Waals surface area contributed by atoms with Gasteiger partial charge in [-0.2, -0.15) is 11.3 Å². The lowest BCUT2D eigenvalue weighted by Gasteiger charge is -1.89. The van der Waals surface area contributed by atoms with Crippen molar-refractivity contribution in [1.29, 1.82) is 0 Å². The molecule has 0 spiro atoms. The van der Waals surface area contributed by atoms with Crippen LogP contribution < -0.4 is 0 Å². The lowest BCUT2D eigenvalue weighted by atomic mass is 10.1. The number of carbonyl (C=O) groups excluding carboxylic acids is 1. The quantitative estimate of drug-likeness (QED) is 0.589. The van der Waals surface area contributed by atoms with Crippen LogP contribution in [0.2, 0.25) is 0 Å². The zero-order chi connectivity index (χ0) is 7.68. The minimum Gasteiger partial charge on any atom is -0.298 e. The van der Waals surface area contributed by atoms with Gasteiger partial charge in [0.05, 0.1) is 0 Å². The summed E-state index contributed by atoms with van der Waals surface area (Å²) in [5, 5.41) is 6.48. The first kappa shape index (κ1) is 6.55.